The molecule has 35 heavy (non-hydrogen) atoms. The molecule has 1 unspecified atom stereocenters. The third-order valence-electron chi connectivity index (χ3n) is 5.86. The summed E-state index contributed by atoms with van der Waals surface area (Å²) in [6.07, 6.45) is 3.30. The van der Waals surface area contributed by atoms with E-state index in [9.17, 15) is 9.90 Å². The van der Waals surface area contributed by atoms with Crippen molar-refractivity contribution in [3.8, 4) is 0 Å². The van der Waals surface area contributed by atoms with Gasteiger partial charge in [0.25, 0.3) is 0 Å². The number of rotatable bonds is 11. The molecule has 4 aromatic rings. The summed E-state index contributed by atoms with van der Waals surface area (Å²) >= 11 is 6.25. The van der Waals surface area contributed by atoms with Gasteiger partial charge in [0.2, 0.25) is 5.91 Å². The van der Waals surface area contributed by atoms with E-state index in [1.165, 1.54) is 0 Å². The Hall–Kier alpha value is -3.56. The van der Waals surface area contributed by atoms with Crippen LogP contribution in [0.15, 0.2) is 54.6 Å². The molecule has 0 radical (unpaired) electrons. The Morgan fingerprint density at radius 1 is 1.14 bits per heavy atom. The minimum absolute atomic E-state index is 0.175. The fourth-order valence-electron chi connectivity index (χ4n) is 3.95. The lowest BCUT2D eigenvalue weighted by Crippen LogP contribution is -2.24. The number of hydrogen-bond acceptors (Lipinski definition) is 6. The van der Waals surface area contributed by atoms with Crippen molar-refractivity contribution in [1.29, 1.82) is 0 Å². The SMILES string of the molecule is CCCCc1nc(Cl)c(CO)n1Cc1ccc(NC(=O)C(Cc2ccccc2)c2nnn[nH]2)cc1. The summed E-state index contributed by atoms with van der Waals surface area (Å²) < 4.78 is 1.97. The number of benzene rings is 2. The third-order valence-corrected chi connectivity index (χ3v) is 6.16. The van der Waals surface area contributed by atoms with Crippen molar-refractivity contribution in [2.45, 2.75) is 51.7 Å². The molecule has 0 fully saturated rings. The number of aliphatic hydroxyl groups excluding tert-OH is 1. The average Bonchev–Trinajstić information content (AvgIpc) is 3.51. The number of carbonyl (C=O) groups is 1. The molecular weight excluding hydrogens is 466 g/mol. The fourth-order valence-corrected chi connectivity index (χ4v) is 4.21. The molecule has 1 atom stereocenters. The molecule has 10 heteroatoms. The summed E-state index contributed by atoms with van der Waals surface area (Å²) in [6.45, 7) is 2.48. The highest BCUT2D eigenvalue weighted by atomic mass is 35.5. The molecule has 1 amide bonds. The minimum atomic E-state index is -0.562. The number of anilines is 1. The number of carbonyl (C=O) groups excluding carboxylic acids is 1. The summed E-state index contributed by atoms with van der Waals surface area (Å²) in [6, 6.07) is 17.3. The molecule has 0 spiro atoms. The summed E-state index contributed by atoms with van der Waals surface area (Å²) in [4.78, 5) is 17.6. The van der Waals surface area contributed by atoms with E-state index < -0.39 is 5.92 Å². The van der Waals surface area contributed by atoms with Gasteiger partial charge in [0.15, 0.2) is 11.0 Å². The summed E-state index contributed by atoms with van der Waals surface area (Å²) in [7, 11) is 0. The van der Waals surface area contributed by atoms with E-state index in [1.54, 1.807) is 0 Å². The van der Waals surface area contributed by atoms with Crippen LogP contribution in [-0.2, 0) is 30.8 Å². The lowest BCUT2D eigenvalue weighted by Gasteiger charge is -2.15. The zero-order chi connectivity index (χ0) is 24.6. The normalized spacial score (nSPS) is 12.0. The predicted octanol–water partition coefficient (Wildman–Crippen LogP) is 3.90. The van der Waals surface area contributed by atoms with Gasteiger partial charge in [-0.2, -0.15) is 0 Å². The standard InChI is InChI=1S/C25H28ClN7O2/c1-2-3-9-22-28-23(26)21(16-34)33(22)15-18-10-12-19(13-11-18)27-25(35)20(24-29-31-32-30-24)14-17-7-5-4-6-8-17/h4-8,10-13,20,34H,2-3,9,14-16H2,1H3,(H,27,35)(H,29,30,31,32). The molecule has 2 heterocycles. The van der Waals surface area contributed by atoms with Gasteiger partial charge in [-0.1, -0.05) is 67.4 Å². The van der Waals surface area contributed by atoms with Crippen molar-refractivity contribution < 1.29 is 9.90 Å². The Morgan fingerprint density at radius 3 is 2.57 bits per heavy atom. The zero-order valence-electron chi connectivity index (χ0n) is 19.5. The van der Waals surface area contributed by atoms with Gasteiger partial charge in [-0.3, -0.25) is 4.79 Å². The highest BCUT2D eigenvalue weighted by molar-refractivity contribution is 6.30. The van der Waals surface area contributed by atoms with E-state index in [-0.39, 0.29) is 12.5 Å². The molecule has 4 rings (SSSR count). The molecule has 0 saturated carbocycles. The summed E-state index contributed by atoms with van der Waals surface area (Å²) in [5, 5.41) is 27.1. The Balaban J connectivity index is 1.47. The maximum Gasteiger partial charge on any atom is 0.235 e. The summed E-state index contributed by atoms with van der Waals surface area (Å²) in [5.74, 6) is 0.512. The van der Waals surface area contributed by atoms with Crippen LogP contribution < -0.4 is 5.32 Å². The fraction of sp³-hybridized carbons (Fsp3) is 0.320. The number of aromatic nitrogens is 6. The molecule has 9 nitrogen and oxygen atoms in total. The molecule has 0 saturated heterocycles. The van der Waals surface area contributed by atoms with Crippen molar-refractivity contribution in [2.75, 3.05) is 5.32 Å². The van der Waals surface area contributed by atoms with Crippen LogP contribution in [0.3, 0.4) is 0 Å². The highest BCUT2D eigenvalue weighted by Gasteiger charge is 2.25. The molecule has 0 bridgehead atoms. The lowest BCUT2D eigenvalue weighted by molar-refractivity contribution is -0.117. The number of unbranched alkanes of at least 4 members (excludes halogenated alkanes) is 1. The predicted molar refractivity (Wildman–Crippen MR) is 133 cm³/mol. The molecule has 0 aliphatic rings. The van der Waals surface area contributed by atoms with E-state index >= 15 is 0 Å². The zero-order valence-corrected chi connectivity index (χ0v) is 20.2. The van der Waals surface area contributed by atoms with Gasteiger partial charge in [-0.25, -0.2) is 10.1 Å². The number of amides is 1. The second-order valence-electron chi connectivity index (χ2n) is 8.33. The van der Waals surface area contributed by atoms with Crippen molar-refractivity contribution in [2.24, 2.45) is 0 Å². The van der Waals surface area contributed by atoms with E-state index in [1.807, 2.05) is 59.2 Å². The van der Waals surface area contributed by atoms with Gasteiger partial charge in [-0.05, 0) is 46.5 Å². The van der Waals surface area contributed by atoms with Crippen LogP contribution in [0.1, 0.15) is 54.2 Å². The smallest absolute Gasteiger partial charge is 0.235 e. The third kappa shape index (κ3) is 6.12. The van der Waals surface area contributed by atoms with Crippen molar-refractivity contribution in [1.82, 2.24) is 30.2 Å². The Labute approximate surface area is 208 Å². The topological polar surface area (TPSA) is 122 Å². The van der Waals surface area contributed by atoms with Crippen LogP contribution in [0.4, 0.5) is 5.69 Å². The summed E-state index contributed by atoms with van der Waals surface area (Å²) in [5.41, 5.74) is 3.29. The van der Waals surface area contributed by atoms with Gasteiger partial charge in [-0.15, -0.1) is 5.10 Å². The Morgan fingerprint density at radius 2 is 1.91 bits per heavy atom. The van der Waals surface area contributed by atoms with Gasteiger partial charge in [0.05, 0.1) is 12.3 Å². The van der Waals surface area contributed by atoms with Gasteiger partial charge < -0.3 is 15.0 Å². The van der Waals surface area contributed by atoms with Crippen molar-refractivity contribution in [3.05, 3.63) is 88.2 Å². The first-order valence-corrected chi connectivity index (χ1v) is 12.0. The number of H-pyrrole nitrogens is 1. The molecule has 2 aromatic heterocycles. The largest absolute Gasteiger partial charge is 0.390 e. The number of aryl methyl sites for hydroxylation is 1. The molecule has 2 aromatic carbocycles. The quantitative estimate of drug-likeness (QED) is 0.291. The van der Waals surface area contributed by atoms with Gasteiger partial charge >= 0.3 is 0 Å². The number of hydrogen-bond donors (Lipinski definition) is 3. The first-order chi connectivity index (χ1) is 17.1. The van der Waals surface area contributed by atoms with E-state index in [0.717, 1.165) is 36.2 Å². The number of tetrazole rings is 1. The van der Waals surface area contributed by atoms with Crippen LogP contribution >= 0.6 is 11.6 Å². The number of halogens is 1. The number of aliphatic hydroxyl groups is 1. The molecule has 182 valence electrons. The van der Waals surface area contributed by atoms with Crippen LogP contribution in [-0.4, -0.2) is 41.2 Å². The van der Waals surface area contributed by atoms with Gasteiger partial charge in [0, 0.05) is 18.7 Å². The van der Waals surface area contributed by atoms with E-state index in [4.69, 9.17) is 11.6 Å². The van der Waals surface area contributed by atoms with Crippen LogP contribution in [0, 0.1) is 0 Å². The number of imidazole rings is 1. The minimum Gasteiger partial charge on any atom is -0.390 e. The highest BCUT2D eigenvalue weighted by Crippen LogP contribution is 2.23. The first kappa shape index (κ1) is 24.6. The number of nitrogens with zero attached hydrogens (tertiary/aromatic N) is 5. The van der Waals surface area contributed by atoms with E-state index in [0.29, 0.717) is 35.3 Å². The number of aromatic amines is 1. The Bertz CT molecular complexity index is 1220. The van der Waals surface area contributed by atoms with Crippen molar-refractivity contribution >= 4 is 23.2 Å². The van der Waals surface area contributed by atoms with Crippen LogP contribution in [0.2, 0.25) is 5.15 Å². The van der Waals surface area contributed by atoms with Crippen molar-refractivity contribution in [3.63, 3.8) is 0 Å². The molecular formula is C25H28ClN7O2. The average molecular weight is 494 g/mol. The molecule has 3 N–H and O–H groups in total. The second kappa shape index (κ2) is 11.7. The monoisotopic (exact) mass is 493 g/mol. The first-order valence-electron chi connectivity index (χ1n) is 11.6. The Kier molecular flexibility index (Phi) is 8.23. The lowest BCUT2D eigenvalue weighted by atomic mass is 9.97. The molecule has 0 aliphatic carbocycles. The van der Waals surface area contributed by atoms with Crippen LogP contribution in [0.25, 0.3) is 0 Å². The number of nitrogens with one attached hydrogen (secondary N) is 2. The maximum absolute atomic E-state index is 13.1. The van der Waals surface area contributed by atoms with Gasteiger partial charge in [0.1, 0.15) is 11.7 Å². The van der Waals surface area contributed by atoms with Crippen LogP contribution in [0.5, 0.6) is 0 Å². The van der Waals surface area contributed by atoms with E-state index in [2.05, 4.69) is 37.8 Å². The maximum atomic E-state index is 13.1. The second-order valence-corrected chi connectivity index (χ2v) is 8.69. The molecule has 0 aliphatic heterocycles.